The van der Waals surface area contributed by atoms with E-state index < -0.39 is 0 Å². The fourth-order valence-corrected chi connectivity index (χ4v) is 2.27. The van der Waals surface area contributed by atoms with Gasteiger partial charge in [-0.05, 0) is 20.8 Å². The zero-order valence-electron chi connectivity index (χ0n) is 8.26. The lowest BCUT2D eigenvalue weighted by Crippen LogP contribution is -2.57. The Hall–Kier alpha value is -0.0200. The molecule has 1 saturated heterocycles. The Bertz CT molecular complexity index is 179. The number of carbonyl (C=O) groups is 1. The highest BCUT2D eigenvalue weighted by atomic mass is 32.2. The molecule has 0 radical (unpaired) electrons. The smallest absolute Gasteiger partial charge is 0.186 e. The van der Waals surface area contributed by atoms with Crippen molar-refractivity contribution in [3.63, 3.8) is 0 Å². The third-order valence-corrected chi connectivity index (χ3v) is 3.09. The van der Waals surface area contributed by atoms with Crippen molar-refractivity contribution in [2.45, 2.75) is 38.5 Å². The maximum Gasteiger partial charge on any atom is 0.186 e. The third kappa shape index (κ3) is 2.49. The standard InChI is InChI=1S/C9H17NOS/c1-7(11)12-8-5-10(6-8)9(2,3)4/h8H,5-6H2,1-4H3. The first-order chi connectivity index (χ1) is 5.39. The minimum atomic E-state index is 0.244. The van der Waals surface area contributed by atoms with Crippen molar-refractivity contribution in [3.8, 4) is 0 Å². The van der Waals surface area contributed by atoms with E-state index >= 15 is 0 Å². The Morgan fingerprint density at radius 2 is 1.92 bits per heavy atom. The monoisotopic (exact) mass is 187 g/mol. The molecule has 0 amide bonds. The summed E-state index contributed by atoms with van der Waals surface area (Å²) in [4.78, 5) is 13.1. The lowest BCUT2D eigenvalue weighted by atomic mass is 10.0. The summed E-state index contributed by atoms with van der Waals surface area (Å²) in [5.74, 6) is 0. The van der Waals surface area contributed by atoms with Crippen LogP contribution in [0, 0.1) is 0 Å². The average Bonchev–Trinajstić information content (AvgIpc) is 1.73. The first-order valence-corrected chi connectivity index (χ1v) is 5.20. The van der Waals surface area contributed by atoms with Gasteiger partial charge in [0.2, 0.25) is 0 Å². The van der Waals surface area contributed by atoms with Crippen LogP contribution in [0.1, 0.15) is 27.7 Å². The summed E-state index contributed by atoms with van der Waals surface area (Å²) >= 11 is 1.48. The van der Waals surface area contributed by atoms with E-state index in [0.29, 0.717) is 5.25 Å². The van der Waals surface area contributed by atoms with Crippen molar-refractivity contribution < 1.29 is 4.79 Å². The van der Waals surface area contributed by atoms with Crippen LogP contribution in [-0.2, 0) is 4.79 Å². The molecule has 0 aromatic rings. The van der Waals surface area contributed by atoms with E-state index in [9.17, 15) is 4.79 Å². The van der Waals surface area contributed by atoms with E-state index in [1.54, 1.807) is 6.92 Å². The molecule has 1 heterocycles. The van der Waals surface area contributed by atoms with Gasteiger partial charge in [-0.1, -0.05) is 11.8 Å². The Morgan fingerprint density at radius 3 is 2.25 bits per heavy atom. The van der Waals surface area contributed by atoms with Gasteiger partial charge in [0.25, 0.3) is 0 Å². The van der Waals surface area contributed by atoms with Crippen LogP contribution in [0.5, 0.6) is 0 Å². The number of hydrogen-bond acceptors (Lipinski definition) is 3. The Morgan fingerprint density at radius 1 is 1.42 bits per heavy atom. The molecule has 2 nitrogen and oxygen atoms in total. The van der Waals surface area contributed by atoms with Crippen molar-refractivity contribution in [1.29, 1.82) is 0 Å². The van der Waals surface area contributed by atoms with Gasteiger partial charge in [-0.25, -0.2) is 0 Å². The molecule has 0 aromatic carbocycles. The van der Waals surface area contributed by atoms with Crippen LogP contribution in [0.4, 0.5) is 0 Å². The number of likely N-dealkylation sites (tertiary alicyclic amines) is 1. The Kier molecular flexibility index (Phi) is 2.84. The molecule has 3 heteroatoms. The van der Waals surface area contributed by atoms with E-state index in [2.05, 4.69) is 25.7 Å². The summed E-state index contributed by atoms with van der Waals surface area (Å²) in [6, 6.07) is 0. The average molecular weight is 187 g/mol. The molecule has 1 fully saturated rings. The molecule has 0 unspecified atom stereocenters. The van der Waals surface area contributed by atoms with E-state index in [0.717, 1.165) is 13.1 Å². The van der Waals surface area contributed by atoms with Crippen LogP contribution < -0.4 is 0 Å². The van der Waals surface area contributed by atoms with Crippen LogP contribution in [-0.4, -0.2) is 33.9 Å². The molecule has 0 N–H and O–H groups in total. The second-order valence-electron chi connectivity index (χ2n) is 4.31. The summed E-state index contributed by atoms with van der Waals surface area (Å²) < 4.78 is 0. The SMILES string of the molecule is CC(=O)SC1CN(C(C)(C)C)C1. The minimum absolute atomic E-state index is 0.244. The molecule has 1 aliphatic heterocycles. The van der Waals surface area contributed by atoms with Gasteiger partial charge in [-0.15, -0.1) is 0 Å². The minimum Gasteiger partial charge on any atom is -0.296 e. The largest absolute Gasteiger partial charge is 0.296 e. The number of hydrogen-bond donors (Lipinski definition) is 0. The topological polar surface area (TPSA) is 20.3 Å². The van der Waals surface area contributed by atoms with Crippen LogP contribution in [0.3, 0.4) is 0 Å². The zero-order chi connectivity index (χ0) is 9.35. The lowest BCUT2D eigenvalue weighted by Gasteiger charge is -2.47. The van der Waals surface area contributed by atoms with Crippen LogP contribution >= 0.6 is 11.8 Å². The molecule has 0 spiro atoms. The molecule has 0 aromatic heterocycles. The highest BCUT2D eigenvalue weighted by molar-refractivity contribution is 8.14. The second-order valence-corrected chi connectivity index (χ2v) is 5.78. The number of carbonyl (C=O) groups excluding carboxylic acids is 1. The highest BCUT2D eigenvalue weighted by Gasteiger charge is 2.35. The first kappa shape index (κ1) is 10.1. The third-order valence-electron chi connectivity index (χ3n) is 2.13. The van der Waals surface area contributed by atoms with Crippen LogP contribution in [0.15, 0.2) is 0 Å². The van der Waals surface area contributed by atoms with Gasteiger partial charge in [0.05, 0.1) is 0 Å². The molecule has 1 rings (SSSR count). The zero-order valence-corrected chi connectivity index (χ0v) is 9.07. The molecule has 0 saturated carbocycles. The van der Waals surface area contributed by atoms with Crippen LogP contribution in [0.25, 0.3) is 0 Å². The van der Waals surface area contributed by atoms with Gasteiger partial charge in [-0.2, -0.15) is 0 Å². The molecule has 0 aliphatic carbocycles. The van der Waals surface area contributed by atoms with Gasteiger partial charge >= 0.3 is 0 Å². The van der Waals surface area contributed by atoms with E-state index in [4.69, 9.17) is 0 Å². The molecular formula is C9H17NOS. The van der Waals surface area contributed by atoms with Crippen molar-refractivity contribution in [2.24, 2.45) is 0 Å². The fourth-order valence-electron chi connectivity index (χ4n) is 1.30. The van der Waals surface area contributed by atoms with Gasteiger partial charge in [0.15, 0.2) is 5.12 Å². The van der Waals surface area contributed by atoms with Crippen molar-refractivity contribution in [2.75, 3.05) is 13.1 Å². The van der Waals surface area contributed by atoms with E-state index in [-0.39, 0.29) is 10.7 Å². The molecule has 1 aliphatic rings. The first-order valence-electron chi connectivity index (χ1n) is 4.32. The predicted molar refractivity (Wildman–Crippen MR) is 53.4 cm³/mol. The van der Waals surface area contributed by atoms with Crippen molar-refractivity contribution in [1.82, 2.24) is 4.90 Å². The maximum absolute atomic E-state index is 10.7. The number of thioether (sulfide) groups is 1. The van der Waals surface area contributed by atoms with Gasteiger partial charge in [-0.3, -0.25) is 9.69 Å². The fraction of sp³-hybridized carbons (Fsp3) is 0.889. The Balaban J connectivity index is 2.25. The second kappa shape index (κ2) is 3.38. The molecule has 0 bridgehead atoms. The summed E-state index contributed by atoms with van der Waals surface area (Å²) in [5.41, 5.74) is 0.272. The van der Waals surface area contributed by atoms with Gasteiger partial charge in [0.1, 0.15) is 0 Å². The number of rotatable bonds is 1. The van der Waals surface area contributed by atoms with Crippen molar-refractivity contribution in [3.05, 3.63) is 0 Å². The number of nitrogens with zero attached hydrogens (tertiary/aromatic N) is 1. The van der Waals surface area contributed by atoms with E-state index in [1.165, 1.54) is 11.8 Å². The summed E-state index contributed by atoms with van der Waals surface area (Å²) in [5, 5.41) is 0.787. The Labute approximate surface area is 78.7 Å². The van der Waals surface area contributed by atoms with Crippen LogP contribution in [0.2, 0.25) is 0 Å². The maximum atomic E-state index is 10.7. The normalized spacial score (nSPS) is 20.7. The quantitative estimate of drug-likeness (QED) is 0.624. The molecule has 0 atom stereocenters. The van der Waals surface area contributed by atoms with Gasteiger partial charge in [0, 0.05) is 30.8 Å². The van der Waals surface area contributed by atoms with Gasteiger partial charge < -0.3 is 0 Å². The predicted octanol–water partition coefficient (Wildman–Crippen LogP) is 1.75. The summed E-state index contributed by atoms with van der Waals surface area (Å²) in [6.45, 7) is 10.4. The highest BCUT2D eigenvalue weighted by Crippen LogP contribution is 2.28. The van der Waals surface area contributed by atoms with Crippen molar-refractivity contribution >= 4 is 16.9 Å². The summed E-state index contributed by atoms with van der Waals surface area (Å²) in [6.07, 6.45) is 0. The lowest BCUT2D eigenvalue weighted by molar-refractivity contribution is -0.109. The van der Waals surface area contributed by atoms with E-state index in [1.807, 2.05) is 0 Å². The molecule has 12 heavy (non-hydrogen) atoms. The summed E-state index contributed by atoms with van der Waals surface area (Å²) in [7, 11) is 0. The molecular weight excluding hydrogens is 170 g/mol. The molecule has 70 valence electrons.